The lowest BCUT2D eigenvalue weighted by Gasteiger charge is -2.40. The van der Waals surface area contributed by atoms with Crippen LogP contribution in [0.1, 0.15) is 17.4 Å². The van der Waals surface area contributed by atoms with Crippen molar-refractivity contribution < 1.29 is 9.53 Å². The van der Waals surface area contributed by atoms with Crippen molar-refractivity contribution in [2.45, 2.75) is 19.2 Å². The molecule has 2 heterocycles. The molecule has 3 aromatic carbocycles. The molecule has 1 aromatic heterocycles. The van der Waals surface area contributed by atoms with Gasteiger partial charge in [-0.25, -0.2) is 4.98 Å². The summed E-state index contributed by atoms with van der Waals surface area (Å²) in [5.41, 5.74) is 2.98. The summed E-state index contributed by atoms with van der Waals surface area (Å²) in [6, 6.07) is 28.0. The predicted molar refractivity (Wildman–Crippen MR) is 129 cm³/mol. The van der Waals surface area contributed by atoms with Gasteiger partial charge in [-0.2, -0.15) is 0 Å². The van der Waals surface area contributed by atoms with Crippen LogP contribution in [0.15, 0.2) is 84.9 Å². The molecule has 0 bridgehead atoms. The zero-order chi connectivity index (χ0) is 22.6. The molecule has 33 heavy (non-hydrogen) atoms. The molecule has 6 nitrogen and oxygen atoms in total. The molecule has 168 valence electrons. The van der Waals surface area contributed by atoms with Gasteiger partial charge in [0.05, 0.1) is 17.1 Å². The Bertz CT molecular complexity index is 1220. The summed E-state index contributed by atoms with van der Waals surface area (Å²) in [4.78, 5) is 22.7. The summed E-state index contributed by atoms with van der Waals surface area (Å²) in [5, 5.41) is 0. The van der Waals surface area contributed by atoms with E-state index in [2.05, 4.69) is 24.1 Å². The molecule has 1 amide bonds. The highest BCUT2D eigenvalue weighted by atomic mass is 16.5. The molecular weight excluding hydrogens is 412 g/mol. The van der Waals surface area contributed by atoms with Crippen molar-refractivity contribution in [3.63, 3.8) is 0 Å². The maximum absolute atomic E-state index is 13.6. The van der Waals surface area contributed by atoms with Crippen molar-refractivity contribution in [3.05, 3.63) is 96.3 Å². The summed E-state index contributed by atoms with van der Waals surface area (Å²) in [5.74, 6) is 1.63. The normalized spacial score (nSPS) is 16.8. The van der Waals surface area contributed by atoms with Gasteiger partial charge in [-0.05, 0) is 36.9 Å². The topological polar surface area (TPSA) is 50.6 Å². The second kappa shape index (κ2) is 9.46. The Labute approximate surface area is 194 Å². The molecule has 0 N–H and O–H groups in total. The minimum Gasteiger partial charge on any atom is -0.486 e. The number of carbonyl (C=O) groups excluding carboxylic acids is 1. The number of piperazine rings is 1. The highest BCUT2D eigenvalue weighted by Gasteiger charge is 2.30. The zero-order valence-corrected chi connectivity index (χ0v) is 18.8. The number of benzene rings is 3. The minimum atomic E-state index is 0.0382. The Hall–Kier alpha value is -3.64. The number of para-hydroxylation sites is 3. The van der Waals surface area contributed by atoms with Gasteiger partial charge >= 0.3 is 0 Å². The van der Waals surface area contributed by atoms with Gasteiger partial charge in [-0.3, -0.25) is 4.79 Å². The van der Waals surface area contributed by atoms with E-state index in [0.29, 0.717) is 13.2 Å². The van der Waals surface area contributed by atoms with E-state index in [1.54, 1.807) is 0 Å². The van der Waals surface area contributed by atoms with Crippen molar-refractivity contribution in [1.29, 1.82) is 0 Å². The number of imidazole rings is 1. The summed E-state index contributed by atoms with van der Waals surface area (Å²) in [6.45, 7) is 2.93. The third-order valence-corrected chi connectivity index (χ3v) is 6.23. The number of likely N-dealkylation sites (N-methyl/N-ethyl adjacent to an activating group) is 1. The third-order valence-electron chi connectivity index (χ3n) is 6.23. The molecule has 1 saturated heterocycles. The summed E-state index contributed by atoms with van der Waals surface area (Å²) in [7, 11) is 2.11. The van der Waals surface area contributed by atoms with Crippen LogP contribution in [0.2, 0.25) is 0 Å². The lowest BCUT2D eigenvalue weighted by molar-refractivity contribution is -0.136. The fourth-order valence-electron chi connectivity index (χ4n) is 4.48. The first-order chi connectivity index (χ1) is 16.2. The SMILES string of the molecule is CN1CCN(C(=O)Cn2c(COc3ccccc3)nc3ccccc32)[C@H](c2ccccc2)C1. The summed E-state index contributed by atoms with van der Waals surface area (Å²) >= 11 is 0. The van der Waals surface area contributed by atoms with Crippen LogP contribution < -0.4 is 4.74 Å². The number of rotatable bonds is 6. The predicted octanol–water partition coefficient (Wildman–Crippen LogP) is 4.13. The van der Waals surface area contributed by atoms with E-state index in [1.165, 1.54) is 5.56 Å². The molecule has 1 aliphatic heterocycles. The van der Waals surface area contributed by atoms with Gasteiger partial charge in [-0.1, -0.05) is 60.7 Å². The van der Waals surface area contributed by atoms with Crippen LogP contribution in [0.4, 0.5) is 0 Å². The van der Waals surface area contributed by atoms with E-state index in [0.717, 1.165) is 35.7 Å². The van der Waals surface area contributed by atoms with Gasteiger partial charge < -0.3 is 19.1 Å². The van der Waals surface area contributed by atoms with Crippen molar-refractivity contribution in [1.82, 2.24) is 19.4 Å². The maximum atomic E-state index is 13.6. The second-order valence-corrected chi connectivity index (χ2v) is 8.48. The molecule has 0 aliphatic carbocycles. The number of hydrogen-bond acceptors (Lipinski definition) is 4. The van der Waals surface area contributed by atoms with E-state index >= 15 is 0 Å². The number of carbonyl (C=O) groups is 1. The fourth-order valence-corrected chi connectivity index (χ4v) is 4.48. The highest BCUT2D eigenvalue weighted by molar-refractivity contribution is 5.81. The molecule has 0 spiro atoms. The van der Waals surface area contributed by atoms with Crippen LogP contribution in [-0.2, 0) is 17.9 Å². The van der Waals surface area contributed by atoms with Gasteiger partial charge in [0.15, 0.2) is 0 Å². The number of nitrogens with zero attached hydrogens (tertiary/aromatic N) is 4. The van der Waals surface area contributed by atoms with Crippen molar-refractivity contribution in [2.75, 3.05) is 26.7 Å². The van der Waals surface area contributed by atoms with E-state index in [9.17, 15) is 4.79 Å². The quantitative estimate of drug-likeness (QED) is 0.452. The molecule has 5 rings (SSSR count). The minimum absolute atomic E-state index is 0.0382. The van der Waals surface area contributed by atoms with E-state index in [1.807, 2.05) is 82.3 Å². The monoisotopic (exact) mass is 440 g/mol. The number of ether oxygens (including phenoxy) is 1. The molecule has 0 saturated carbocycles. The Balaban J connectivity index is 1.42. The van der Waals surface area contributed by atoms with Gasteiger partial charge in [0.25, 0.3) is 0 Å². The van der Waals surface area contributed by atoms with Crippen LogP contribution in [0.5, 0.6) is 5.75 Å². The average molecular weight is 441 g/mol. The van der Waals surface area contributed by atoms with Crippen molar-refractivity contribution in [3.8, 4) is 5.75 Å². The van der Waals surface area contributed by atoms with Gasteiger partial charge in [-0.15, -0.1) is 0 Å². The Morgan fingerprint density at radius 1 is 0.939 bits per heavy atom. The molecule has 0 unspecified atom stereocenters. The molecule has 6 heteroatoms. The number of aromatic nitrogens is 2. The van der Waals surface area contributed by atoms with Crippen LogP contribution in [0.3, 0.4) is 0 Å². The fraction of sp³-hybridized carbons (Fsp3) is 0.259. The maximum Gasteiger partial charge on any atom is 0.243 e. The Morgan fingerprint density at radius 3 is 2.42 bits per heavy atom. The number of fused-ring (bicyclic) bond motifs is 1. The van der Waals surface area contributed by atoms with E-state index < -0.39 is 0 Å². The largest absolute Gasteiger partial charge is 0.486 e. The van der Waals surface area contributed by atoms with Crippen LogP contribution in [-0.4, -0.2) is 51.9 Å². The summed E-state index contributed by atoms with van der Waals surface area (Å²) < 4.78 is 7.98. The lowest BCUT2D eigenvalue weighted by Crippen LogP contribution is -2.50. The Morgan fingerprint density at radius 2 is 1.64 bits per heavy atom. The molecule has 1 aliphatic rings. The first-order valence-electron chi connectivity index (χ1n) is 11.3. The van der Waals surface area contributed by atoms with Crippen molar-refractivity contribution in [2.24, 2.45) is 0 Å². The standard InChI is InChI=1S/C27H28N4O2/c1-29-16-17-30(25(18-29)21-10-4-2-5-11-21)27(32)19-31-24-15-9-8-14-23(24)28-26(31)20-33-22-12-6-3-7-13-22/h2-15,25H,16-20H2,1H3/t25-/m0/s1. The third kappa shape index (κ3) is 4.61. The van der Waals surface area contributed by atoms with Gasteiger partial charge in [0, 0.05) is 19.6 Å². The first kappa shape index (κ1) is 21.2. The molecule has 1 atom stereocenters. The highest BCUT2D eigenvalue weighted by Crippen LogP contribution is 2.26. The average Bonchev–Trinajstić information content (AvgIpc) is 3.21. The first-order valence-corrected chi connectivity index (χ1v) is 11.3. The van der Waals surface area contributed by atoms with Crippen molar-refractivity contribution >= 4 is 16.9 Å². The summed E-state index contributed by atoms with van der Waals surface area (Å²) in [6.07, 6.45) is 0. The van der Waals surface area contributed by atoms with Crippen LogP contribution in [0.25, 0.3) is 11.0 Å². The molecule has 0 radical (unpaired) electrons. The number of hydrogen-bond donors (Lipinski definition) is 0. The molecular formula is C27H28N4O2. The van der Waals surface area contributed by atoms with Crippen LogP contribution in [0, 0.1) is 0 Å². The van der Waals surface area contributed by atoms with Gasteiger partial charge in [0.1, 0.15) is 24.7 Å². The Kier molecular flexibility index (Phi) is 6.09. The van der Waals surface area contributed by atoms with Gasteiger partial charge in [0.2, 0.25) is 5.91 Å². The van der Waals surface area contributed by atoms with E-state index in [4.69, 9.17) is 9.72 Å². The molecule has 1 fully saturated rings. The smallest absolute Gasteiger partial charge is 0.243 e. The number of amides is 1. The zero-order valence-electron chi connectivity index (χ0n) is 18.8. The molecule has 4 aromatic rings. The van der Waals surface area contributed by atoms with E-state index in [-0.39, 0.29) is 18.5 Å². The lowest BCUT2D eigenvalue weighted by atomic mass is 10.0. The second-order valence-electron chi connectivity index (χ2n) is 8.48. The van der Waals surface area contributed by atoms with Crippen LogP contribution >= 0.6 is 0 Å².